The van der Waals surface area contributed by atoms with Crippen LogP contribution in [-0.4, -0.2) is 43.0 Å². The number of amides is 1. The molecule has 0 aromatic heterocycles. The Balaban J connectivity index is 1.88. The molecule has 1 atom stereocenters. The largest absolute Gasteiger partial charge is 0.493 e. The van der Waals surface area contributed by atoms with Gasteiger partial charge in [0.25, 0.3) is 0 Å². The van der Waals surface area contributed by atoms with E-state index in [1.54, 1.807) is 30.3 Å². The summed E-state index contributed by atoms with van der Waals surface area (Å²) in [6.07, 6.45) is 0.0639. The second kappa shape index (κ2) is 10.9. The monoisotopic (exact) mass is 519 g/mol. The fourth-order valence-corrected chi connectivity index (χ4v) is 4.96. The lowest BCUT2D eigenvalue weighted by atomic mass is 10.1. The highest BCUT2D eigenvalue weighted by molar-refractivity contribution is 7.89. The fourth-order valence-electron chi connectivity index (χ4n) is 3.23. The maximum atomic E-state index is 13.1. The normalized spacial score (nSPS) is 12.5. The van der Waals surface area contributed by atoms with Crippen LogP contribution in [0.15, 0.2) is 82.6 Å². The predicted molar refractivity (Wildman–Crippen MR) is 130 cm³/mol. The number of hydrogen-bond donors (Lipinski definition) is 3. The van der Waals surface area contributed by atoms with Crippen LogP contribution in [0.25, 0.3) is 0 Å². The Morgan fingerprint density at radius 1 is 0.857 bits per heavy atom. The van der Waals surface area contributed by atoms with Gasteiger partial charge in [0.15, 0.2) is 11.5 Å². The topological polar surface area (TPSA) is 154 Å². The first-order valence-electron chi connectivity index (χ1n) is 10.3. The molecule has 3 aromatic rings. The third-order valence-electron chi connectivity index (χ3n) is 5.01. The van der Waals surface area contributed by atoms with E-state index in [9.17, 15) is 21.6 Å². The van der Waals surface area contributed by atoms with Crippen molar-refractivity contribution in [2.24, 2.45) is 5.14 Å². The van der Waals surface area contributed by atoms with E-state index in [1.165, 1.54) is 56.7 Å². The summed E-state index contributed by atoms with van der Waals surface area (Å²) in [5, 5.41) is 7.71. The van der Waals surface area contributed by atoms with Crippen LogP contribution >= 0.6 is 0 Å². The van der Waals surface area contributed by atoms with Crippen molar-refractivity contribution in [1.29, 1.82) is 0 Å². The number of ether oxygens (including phenoxy) is 2. The van der Waals surface area contributed by atoms with Gasteiger partial charge in [-0.15, -0.1) is 0 Å². The van der Waals surface area contributed by atoms with Gasteiger partial charge < -0.3 is 14.8 Å². The van der Waals surface area contributed by atoms with Crippen molar-refractivity contribution in [2.45, 2.75) is 22.3 Å². The summed E-state index contributed by atoms with van der Waals surface area (Å²) in [5.41, 5.74) is 0.998. The zero-order valence-electron chi connectivity index (χ0n) is 19.0. The van der Waals surface area contributed by atoms with Gasteiger partial charge >= 0.3 is 0 Å². The number of benzene rings is 3. The van der Waals surface area contributed by atoms with Crippen molar-refractivity contribution in [2.75, 3.05) is 19.5 Å². The highest BCUT2D eigenvalue weighted by Gasteiger charge is 2.27. The number of rotatable bonds is 10. The predicted octanol–water partition coefficient (Wildman–Crippen LogP) is 1.88. The Hall–Kier alpha value is -3.45. The molecule has 0 aliphatic heterocycles. The standard InChI is InChI=1S/C23H25N3O7S2/c1-32-21-13-12-19(15-22(21)33-2)35(30,31)26-20(14-16-6-4-3-5-7-16)23(27)25-17-8-10-18(11-9-17)34(24,28)29/h3-13,15,20,26H,14H2,1-2H3,(H,25,27)(H2,24,28,29)/t20-/m0/s1. The summed E-state index contributed by atoms with van der Waals surface area (Å²) in [6, 6.07) is 17.0. The molecule has 12 heteroatoms. The van der Waals surface area contributed by atoms with Gasteiger partial charge in [-0.25, -0.2) is 22.0 Å². The number of nitrogens with one attached hydrogen (secondary N) is 2. The van der Waals surface area contributed by atoms with Crippen molar-refractivity contribution < 1.29 is 31.1 Å². The molecule has 0 saturated heterocycles. The zero-order valence-corrected chi connectivity index (χ0v) is 20.6. The van der Waals surface area contributed by atoms with Crippen LogP contribution in [-0.2, 0) is 31.3 Å². The highest BCUT2D eigenvalue weighted by atomic mass is 32.2. The van der Waals surface area contributed by atoms with Crippen molar-refractivity contribution in [3.8, 4) is 11.5 Å². The van der Waals surface area contributed by atoms with Crippen molar-refractivity contribution in [1.82, 2.24) is 4.72 Å². The van der Waals surface area contributed by atoms with Crippen LogP contribution in [0.3, 0.4) is 0 Å². The van der Waals surface area contributed by atoms with E-state index >= 15 is 0 Å². The lowest BCUT2D eigenvalue weighted by Gasteiger charge is -2.19. The maximum Gasteiger partial charge on any atom is 0.242 e. The van der Waals surface area contributed by atoms with Crippen LogP contribution in [0.2, 0.25) is 0 Å². The second-order valence-electron chi connectivity index (χ2n) is 7.44. The zero-order chi connectivity index (χ0) is 25.6. The molecule has 4 N–H and O–H groups in total. The SMILES string of the molecule is COc1ccc(S(=O)(=O)N[C@@H](Cc2ccccc2)C(=O)Nc2ccc(S(N)(=O)=O)cc2)cc1OC. The molecule has 0 fully saturated rings. The van der Waals surface area contributed by atoms with Gasteiger partial charge in [-0.05, 0) is 48.4 Å². The molecule has 1 amide bonds. The first kappa shape index (κ1) is 26.2. The van der Waals surface area contributed by atoms with Crippen LogP contribution in [0.5, 0.6) is 11.5 Å². The Morgan fingerprint density at radius 3 is 2.03 bits per heavy atom. The Bertz CT molecular complexity index is 1390. The van der Waals surface area contributed by atoms with E-state index in [1.807, 2.05) is 0 Å². The summed E-state index contributed by atoms with van der Waals surface area (Å²) in [4.78, 5) is 12.9. The third kappa shape index (κ3) is 6.79. The van der Waals surface area contributed by atoms with Crippen molar-refractivity contribution in [3.05, 3.63) is 78.4 Å². The molecule has 35 heavy (non-hydrogen) atoms. The molecule has 3 rings (SSSR count). The van der Waals surface area contributed by atoms with Gasteiger partial charge in [0, 0.05) is 11.8 Å². The Labute approximate surface area is 204 Å². The van der Waals surface area contributed by atoms with E-state index < -0.39 is 32.0 Å². The Morgan fingerprint density at radius 2 is 1.46 bits per heavy atom. The lowest BCUT2D eigenvalue weighted by molar-refractivity contribution is -0.117. The van der Waals surface area contributed by atoms with Crippen molar-refractivity contribution in [3.63, 3.8) is 0 Å². The first-order chi connectivity index (χ1) is 16.5. The molecule has 10 nitrogen and oxygen atoms in total. The number of carbonyl (C=O) groups is 1. The number of hydrogen-bond acceptors (Lipinski definition) is 7. The van der Waals surface area contributed by atoms with E-state index in [0.29, 0.717) is 5.75 Å². The van der Waals surface area contributed by atoms with E-state index in [-0.39, 0.29) is 27.6 Å². The number of sulfonamides is 2. The van der Waals surface area contributed by atoms with Gasteiger partial charge in [-0.3, -0.25) is 4.79 Å². The van der Waals surface area contributed by atoms with Gasteiger partial charge in [0.2, 0.25) is 26.0 Å². The highest BCUT2D eigenvalue weighted by Crippen LogP contribution is 2.29. The molecular weight excluding hydrogens is 494 g/mol. The summed E-state index contributed by atoms with van der Waals surface area (Å²) >= 11 is 0. The molecule has 0 aliphatic carbocycles. The lowest BCUT2D eigenvalue weighted by Crippen LogP contribution is -2.45. The minimum Gasteiger partial charge on any atom is -0.493 e. The van der Waals surface area contributed by atoms with Crippen molar-refractivity contribution >= 4 is 31.6 Å². The molecule has 0 radical (unpaired) electrons. The summed E-state index contributed by atoms with van der Waals surface area (Å²) in [5.74, 6) is -0.0661. The van der Waals surface area contributed by atoms with Crippen LogP contribution in [0.4, 0.5) is 5.69 Å². The molecule has 0 heterocycles. The molecule has 0 aliphatic rings. The molecule has 0 saturated carbocycles. The maximum absolute atomic E-state index is 13.1. The molecule has 0 bridgehead atoms. The van der Waals surface area contributed by atoms with E-state index in [4.69, 9.17) is 14.6 Å². The molecule has 0 unspecified atom stereocenters. The van der Waals surface area contributed by atoms with E-state index in [2.05, 4.69) is 10.0 Å². The van der Waals surface area contributed by atoms with Crippen LogP contribution < -0.4 is 24.7 Å². The van der Waals surface area contributed by atoms with Crippen LogP contribution in [0.1, 0.15) is 5.56 Å². The average Bonchev–Trinajstić information content (AvgIpc) is 2.83. The number of methoxy groups -OCH3 is 2. The van der Waals surface area contributed by atoms with Gasteiger partial charge in [0.1, 0.15) is 6.04 Å². The van der Waals surface area contributed by atoms with Gasteiger partial charge in [0.05, 0.1) is 24.0 Å². The second-order valence-corrected chi connectivity index (χ2v) is 10.7. The van der Waals surface area contributed by atoms with Crippen LogP contribution in [0, 0.1) is 0 Å². The number of carbonyl (C=O) groups excluding carboxylic acids is 1. The summed E-state index contributed by atoms with van der Waals surface area (Å²) < 4.78 is 62.0. The van der Waals surface area contributed by atoms with Gasteiger partial charge in [-0.1, -0.05) is 30.3 Å². The average molecular weight is 520 g/mol. The fraction of sp³-hybridized carbons (Fsp3) is 0.174. The van der Waals surface area contributed by atoms with E-state index in [0.717, 1.165) is 5.56 Å². The number of anilines is 1. The molecule has 3 aromatic carbocycles. The smallest absolute Gasteiger partial charge is 0.242 e. The molecule has 0 spiro atoms. The number of nitrogens with two attached hydrogens (primary N) is 1. The summed E-state index contributed by atoms with van der Waals surface area (Å²) in [6.45, 7) is 0. The minimum atomic E-state index is -4.14. The Kier molecular flexibility index (Phi) is 8.12. The minimum absolute atomic E-state index is 0.0639. The molecule has 186 valence electrons. The quantitative estimate of drug-likeness (QED) is 0.369. The summed E-state index contributed by atoms with van der Waals surface area (Å²) in [7, 11) is -5.22. The van der Waals surface area contributed by atoms with Gasteiger partial charge in [-0.2, -0.15) is 4.72 Å². The number of primary sulfonamides is 1. The first-order valence-corrected chi connectivity index (χ1v) is 13.3. The third-order valence-corrected chi connectivity index (χ3v) is 7.41. The molecular formula is C23H25N3O7S2.